The largest absolute Gasteiger partial charge is 0.395 e. The van der Waals surface area contributed by atoms with E-state index in [0.29, 0.717) is 6.54 Å². The van der Waals surface area contributed by atoms with Crippen LogP contribution in [0.15, 0.2) is 29.9 Å². The van der Waals surface area contributed by atoms with E-state index in [4.69, 9.17) is 5.11 Å². The van der Waals surface area contributed by atoms with Gasteiger partial charge >= 0.3 is 0 Å². The van der Waals surface area contributed by atoms with Gasteiger partial charge in [0.15, 0.2) is 0 Å². The second-order valence-electron chi connectivity index (χ2n) is 4.56. The molecule has 1 aromatic heterocycles. The number of hydrogen-bond donors (Lipinski definition) is 2. The minimum atomic E-state index is -3.64. The highest BCUT2D eigenvalue weighted by Crippen LogP contribution is 2.14. The molecule has 0 unspecified atom stereocenters. The summed E-state index contributed by atoms with van der Waals surface area (Å²) in [4.78, 5) is 0.133. The van der Waals surface area contributed by atoms with E-state index in [1.165, 1.54) is 22.8 Å². The summed E-state index contributed by atoms with van der Waals surface area (Å²) < 4.78 is 27.6. The summed E-state index contributed by atoms with van der Waals surface area (Å²) in [5, 5.41) is 16.3. The molecule has 7 nitrogen and oxygen atoms in total. The van der Waals surface area contributed by atoms with Gasteiger partial charge in [-0.1, -0.05) is 13.0 Å². The highest BCUT2D eigenvalue weighted by molar-refractivity contribution is 7.89. The molecule has 0 spiro atoms. The third-order valence-electron chi connectivity index (χ3n) is 2.87. The zero-order valence-corrected chi connectivity index (χ0v) is 13.2. The molecule has 1 aromatic rings. The van der Waals surface area contributed by atoms with Crippen LogP contribution in [0.25, 0.3) is 0 Å². The van der Waals surface area contributed by atoms with Gasteiger partial charge in [0, 0.05) is 25.8 Å². The van der Waals surface area contributed by atoms with Crippen molar-refractivity contribution in [3.05, 3.63) is 25.0 Å². The first-order valence-electron chi connectivity index (χ1n) is 7.01. The molecule has 120 valence electrons. The zero-order valence-electron chi connectivity index (χ0n) is 12.4. The highest BCUT2D eigenvalue weighted by Gasteiger charge is 2.24. The van der Waals surface area contributed by atoms with E-state index in [0.717, 1.165) is 19.5 Å². The lowest BCUT2D eigenvalue weighted by atomic mass is 10.5. The van der Waals surface area contributed by atoms with Crippen molar-refractivity contribution in [2.45, 2.75) is 24.8 Å². The number of sulfonamides is 1. The van der Waals surface area contributed by atoms with Crippen molar-refractivity contribution in [2.24, 2.45) is 0 Å². The SMILES string of the molecule is C=CCN(CCO)S(=O)(=O)c1cnn(CCNCCC)c1. The zero-order chi connectivity index (χ0) is 15.7. The first kappa shape index (κ1) is 17.8. The molecule has 0 saturated carbocycles. The number of aromatic nitrogens is 2. The highest BCUT2D eigenvalue weighted by atomic mass is 32.2. The molecule has 0 bridgehead atoms. The van der Waals surface area contributed by atoms with E-state index in [1.807, 2.05) is 0 Å². The van der Waals surface area contributed by atoms with Crippen molar-refractivity contribution in [1.82, 2.24) is 19.4 Å². The van der Waals surface area contributed by atoms with Crippen LogP contribution in [0.2, 0.25) is 0 Å². The summed E-state index contributed by atoms with van der Waals surface area (Å²) in [6.45, 7) is 7.86. The van der Waals surface area contributed by atoms with Crippen molar-refractivity contribution in [2.75, 3.05) is 32.8 Å². The molecular weight excluding hydrogens is 292 g/mol. The monoisotopic (exact) mass is 316 g/mol. The van der Waals surface area contributed by atoms with Gasteiger partial charge in [-0.15, -0.1) is 6.58 Å². The van der Waals surface area contributed by atoms with Crippen molar-refractivity contribution in [3.63, 3.8) is 0 Å². The molecule has 0 aliphatic heterocycles. The molecule has 0 atom stereocenters. The Morgan fingerprint density at radius 2 is 2.29 bits per heavy atom. The van der Waals surface area contributed by atoms with Crippen LogP contribution in [0.1, 0.15) is 13.3 Å². The van der Waals surface area contributed by atoms with E-state index >= 15 is 0 Å². The maximum Gasteiger partial charge on any atom is 0.246 e. The molecular formula is C13H24N4O3S. The van der Waals surface area contributed by atoms with Gasteiger partial charge in [-0.25, -0.2) is 8.42 Å². The molecule has 8 heteroatoms. The maximum absolute atomic E-state index is 12.4. The number of aliphatic hydroxyl groups is 1. The molecule has 1 rings (SSSR count). The average molecular weight is 316 g/mol. The third-order valence-corrected chi connectivity index (χ3v) is 4.69. The van der Waals surface area contributed by atoms with Crippen molar-refractivity contribution in [1.29, 1.82) is 0 Å². The Morgan fingerprint density at radius 1 is 1.52 bits per heavy atom. The fraction of sp³-hybridized carbons (Fsp3) is 0.615. The normalized spacial score (nSPS) is 12.0. The van der Waals surface area contributed by atoms with E-state index in [2.05, 4.69) is 23.9 Å². The van der Waals surface area contributed by atoms with Crippen LogP contribution in [-0.2, 0) is 16.6 Å². The summed E-state index contributed by atoms with van der Waals surface area (Å²) in [6, 6.07) is 0. The number of rotatable bonds is 11. The van der Waals surface area contributed by atoms with Crippen molar-refractivity contribution in [3.8, 4) is 0 Å². The fourth-order valence-electron chi connectivity index (χ4n) is 1.81. The van der Waals surface area contributed by atoms with Crippen molar-refractivity contribution >= 4 is 10.0 Å². The standard InChI is InChI=1S/C13H24N4O3S/c1-3-5-14-6-8-16-12-13(11-15-16)21(19,20)17(7-4-2)9-10-18/h4,11-12,14,18H,2-3,5-10H2,1H3. The average Bonchev–Trinajstić information content (AvgIpc) is 2.93. The molecule has 0 saturated heterocycles. The van der Waals surface area contributed by atoms with Crippen LogP contribution in [-0.4, -0.2) is 60.4 Å². The van der Waals surface area contributed by atoms with Crippen LogP contribution in [0.3, 0.4) is 0 Å². The lowest BCUT2D eigenvalue weighted by Crippen LogP contribution is -2.33. The second-order valence-corrected chi connectivity index (χ2v) is 6.50. The smallest absolute Gasteiger partial charge is 0.246 e. The predicted octanol–water partition coefficient (Wildman–Crippen LogP) is 0.0517. The summed E-state index contributed by atoms with van der Waals surface area (Å²) in [7, 11) is -3.64. The van der Waals surface area contributed by atoms with Gasteiger partial charge in [0.25, 0.3) is 0 Å². The number of aliphatic hydroxyl groups excluding tert-OH is 1. The van der Waals surface area contributed by atoms with Gasteiger partial charge in [-0.3, -0.25) is 4.68 Å². The van der Waals surface area contributed by atoms with Crippen LogP contribution in [0, 0.1) is 0 Å². The Hall–Kier alpha value is -1.22. The molecule has 0 amide bonds. The summed E-state index contributed by atoms with van der Waals surface area (Å²) in [5.74, 6) is 0. The lowest BCUT2D eigenvalue weighted by Gasteiger charge is -2.18. The topological polar surface area (TPSA) is 87.5 Å². The van der Waals surface area contributed by atoms with Gasteiger partial charge in [-0.05, 0) is 13.0 Å². The summed E-state index contributed by atoms with van der Waals surface area (Å²) in [6.07, 6.45) is 5.39. The molecule has 1 heterocycles. The predicted molar refractivity (Wildman–Crippen MR) is 81.4 cm³/mol. The first-order chi connectivity index (χ1) is 10.1. The van der Waals surface area contributed by atoms with Gasteiger partial charge in [0.05, 0.1) is 19.3 Å². The van der Waals surface area contributed by atoms with E-state index < -0.39 is 10.0 Å². The van der Waals surface area contributed by atoms with Crippen LogP contribution < -0.4 is 5.32 Å². The summed E-state index contributed by atoms with van der Waals surface area (Å²) in [5.41, 5.74) is 0. The Bertz CT molecular complexity index is 527. The molecule has 0 fully saturated rings. The van der Waals surface area contributed by atoms with Gasteiger partial charge < -0.3 is 10.4 Å². The van der Waals surface area contributed by atoms with Crippen LogP contribution in [0.5, 0.6) is 0 Å². The quantitative estimate of drug-likeness (QED) is 0.445. The third kappa shape index (κ3) is 5.24. The number of hydrogen-bond acceptors (Lipinski definition) is 5. The van der Waals surface area contributed by atoms with E-state index in [-0.39, 0.29) is 24.6 Å². The molecule has 0 aliphatic carbocycles. The molecule has 2 N–H and O–H groups in total. The Balaban J connectivity index is 2.74. The van der Waals surface area contributed by atoms with Crippen LogP contribution in [0.4, 0.5) is 0 Å². The van der Waals surface area contributed by atoms with Crippen LogP contribution >= 0.6 is 0 Å². The van der Waals surface area contributed by atoms with Gasteiger partial charge in [0.1, 0.15) is 4.90 Å². The minimum Gasteiger partial charge on any atom is -0.395 e. The van der Waals surface area contributed by atoms with Gasteiger partial charge in [-0.2, -0.15) is 9.40 Å². The molecule has 0 aromatic carbocycles. The van der Waals surface area contributed by atoms with E-state index in [1.54, 1.807) is 4.68 Å². The number of nitrogens with one attached hydrogen (secondary N) is 1. The fourth-order valence-corrected chi connectivity index (χ4v) is 3.17. The lowest BCUT2D eigenvalue weighted by molar-refractivity contribution is 0.260. The molecule has 0 radical (unpaired) electrons. The number of nitrogens with zero attached hydrogens (tertiary/aromatic N) is 3. The Kier molecular flexibility index (Phi) is 7.58. The Labute approximate surface area is 126 Å². The summed E-state index contributed by atoms with van der Waals surface area (Å²) >= 11 is 0. The van der Waals surface area contributed by atoms with E-state index in [9.17, 15) is 8.42 Å². The first-order valence-corrected chi connectivity index (χ1v) is 8.45. The second kappa shape index (κ2) is 8.93. The van der Waals surface area contributed by atoms with Gasteiger partial charge in [0.2, 0.25) is 10.0 Å². The van der Waals surface area contributed by atoms with Crippen molar-refractivity contribution < 1.29 is 13.5 Å². The molecule has 0 aliphatic rings. The molecule has 21 heavy (non-hydrogen) atoms. The minimum absolute atomic E-state index is 0.0393. The maximum atomic E-state index is 12.4. The Morgan fingerprint density at radius 3 is 2.90 bits per heavy atom.